The molecule has 1 fully saturated rings. The van der Waals surface area contributed by atoms with Crippen LogP contribution in [0.1, 0.15) is 26.7 Å². The fourth-order valence-corrected chi connectivity index (χ4v) is 1.90. The highest BCUT2D eigenvalue weighted by atomic mass is 16.3. The molecule has 0 unspecified atom stereocenters. The lowest BCUT2D eigenvalue weighted by atomic mass is 9.89. The Labute approximate surface area is 74.9 Å². The Morgan fingerprint density at radius 3 is 2.58 bits per heavy atom. The summed E-state index contributed by atoms with van der Waals surface area (Å²) in [4.78, 5) is 2.23. The third-order valence-electron chi connectivity index (χ3n) is 2.24. The van der Waals surface area contributed by atoms with Gasteiger partial charge in [-0.15, -0.1) is 0 Å². The number of aliphatic hydroxyl groups is 1. The van der Waals surface area contributed by atoms with Gasteiger partial charge in [0.2, 0.25) is 0 Å². The lowest BCUT2D eigenvalue weighted by molar-refractivity contribution is -0.0986. The van der Waals surface area contributed by atoms with Crippen LogP contribution in [0.2, 0.25) is 0 Å². The molecule has 0 atom stereocenters. The van der Waals surface area contributed by atoms with E-state index in [4.69, 9.17) is 0 Å². The van der Waals surface area contributed by atoms with Gasteiger partial charge in [-0.2, -0.15) is 0 Å². The van der Waals surface area contributed by atoms with Crippen molar-refractivity contribution in [3.8, 4) is 0 Å². The van der Waals surface area contributed by atoms with Gasteiger partial charge in [0.25, 0.3) is 0 Å². The fraction of sp³-hybridized carbons (Fsp3) is 0.800. The van der Waals surface area contributed by atoms with Gasteiger partial charge < -0.3 is 5.11 Å². The van der Waals surface area contributed by atoms with Gasteiger partial charge in [-0.3, -0.25) is 4.90 Å². The highest BCUT2D eigenvalue weighted by Gasteiger charge is 2.39. The SMILES string of the molecule is C=C(C)CN1CC(O)(CCC)C1. The molecule has 1 heterocycles. The maximum Gasteiger partial charge on any atom is 0.0900 e. The standard InChI is InChI=1S/C10H19NO/c1-4-5-10(12)7-11(8-10)6-9(2)3/h12H,2,4-8H2,1,3H3. The van der Waals surface area contributed by atoms with Crippen LogP contribution in [0.3, 0.4) is 0 Å². The van der Waals surface area contributed by atoms with E-state index in [2.05, 4.69) is 18.4 Å². The Morgan fingerprint density at radius 1 is 1.58 bits per heavy atom. The first-order chi connectivity index (χ1) is 5.56. The number of rotatable bonds is 4. The average molecular weight is 169 g/mol. The van der Waals surface area contributed by atoms with Crippen molar-refractivity contribution in [1.82, 2.24) is 4.90 Å². The van der Waals surface area contributed by atoms with Crippen molar-refractivity contribution in [3.05, 3.63) is 12.2 Å². The summed E-state index contributed by atoms with van der Waals surface area (Å²) in [5.41, 5.74) is 0.790. The predicted molar refractivity (Wildman–Crippen MR) is 51.1 cm³/mol. The second kappa shape index (κ2) is 3.58. The molecule has 0 aromatic carbocycles. The van der Waals surface area contributed by atoms with Gasteiger partial charge in [0.1, 0.15) is 0 Å². The Balaban J connectivity index is 2.22. The summed E-state index contributed by atoms with van der Waals surface area (Å²) in [7, 11) is 0. The lowest BCUT2D eigenvalue weighted by Crippen LogP contribution is -2.61. The summed E-state index contributed by atoms with van der Waals surface area (Å²) in [6, 6.07) is 0. The van der Waals surface area contributed by atoms with Crippen LogP contribution < -0.4 is 0 Å². The van der Waals surface area contributed by atoms with E-state index in [-0.39, 0.29) is 5.60 Å². The molecule has 70 valence electrons. The van der Waals surface area contributed by atoms with Gasteiger partial charge in [-0.25, -0.2) is 0 Å². The van der Waals surface area contributed by atoms with Crippen LogP contribution in [-0.4, -0.2) is 35.2 Å². The van der Waals surface area contributed by atoms with Crippen LogP contribution in [0.5, 0.6) is 0 Å². The second-order valence-corrected chi connectivity index (χ2v) is 4.08. The summed E-state index contributed by atoms with van der Waals surface area (Å²) in [6.45, 7) is 10.6. The van der Waals surface area contributed by atoms with E-state index in [1.807, 2.05) is 6.92 Å². The Morgan fingerprint density at radius 2 is 2.17 bits per heavy atom. The lowest BCUT2D eigenvalue weighted by Gasteiger charge is -2.46. The van der Waals surface area contributed by atoms with E-state index in [0.717, 1.165) is 32.5 Å². The summed E-state index contributed by atoms with van der Waals surface area (Å²) < 4.78 is 0. The van der Waals surface area contributed by atoms with Crippen molar-refractivity contribution in [2.75, 3.05) is 19.6 Å². The highest BCUT2D eigenvalue weighted by molar-refractivity contribution is 5.01. The van der Waals surface area contributed by atoms with Crippen LogP contribution in [0.15, 0.2) is 12.2 Å². The molecule has 0 amide bonds. The van der Waals surface area contributed by atoms with Crippen molar-refractivity contribution in [3.63, 3.8) is 0 Å². The summed E-state index contributed by atoms with van der Waals surface area (Å²) in [5.74, 6) is 0. The predicted octanol–water partition coefficient (Wildman–Crippen LogP) is 1.41. The molecule has 1 saturated heterocycles. The molecule has 0 aromatic rings. The zero-order valence-corrected chi connectivity index (χ0v) is 8.14. The molecular weight excluding hydrogens is 150 g/mol. The third-order valence-corrected chi connectivity index (χ3v) is 2.24. The second-order valence-electron chi connectivity index (χ2n) is 4.08. The molecule has 0 aromatic heterocycles. The normalized spacial score (nSPS) is 21.9. The van der Waals surface area contributed by atoms with Crippen LogP contribution in [-0.2, 0) is 0 Å². The first-order valence-corrected chi connectivity index (χ1v) is 4.65. The molecule has 1 rings (SSSR count). The molecule has 1 aliphatic rings. The molecule has 0 spiro atoms. The monoisotopic (exact) mass is 169 g/mol. The zero-order chi connectivity index (χ0) is 9.19. The fourth-order valence-electron chi connectivity index (χ4n) is 1.90. The Hall–Kier alpha value is -0.340. The van der Waals surface area contributed by atoms with Crippen LogP contribution in [0.25, 0.3) is 0 Å². The van der Waals surface area contributed by atoms with E-state index < -0.39 is 0 Å². The molecule has 1 aliphatic heterocycles. The first kappa shape index (κ1) is 9.75. The summed E-state index contributed by atoms with van der Waals surface area (Å²) >= 11 is 0. The van der Waals surface area contributed by atoms with Crippen molar-refractivity contribution in [2.24, 2.45) is 0 Å². The van der Waals surface area contributed by atoms with Gasteiger partial charge in [0.05, 0.1) is 5.60 Å². The number of β-amino-alcohol motifs (C(OH)–C–C–N with tert-alkyl or cyclic N) is 1. The van der Waals surface area contributed by atoms with E-state index in [0.29, 0.717) is 0 Å². The molecule has 12 heavy (non-hydrogen) atoms. The third kappa shape index (κ3) is 2.32. The summed E-state index contributed by atoms with van der Waals surface area (Å²) in [5, 5.41) is 9.82. The van der Waals surface area contributed by atoms with Crippen LogP contribution in [0.4, 0.5) is 0 Å². The van der Waals surface area contributed by atoms with Gasteiger partial charge in [0.15, 0.2) is 0 Å². The minimum absolute atomic E-state index is 0.385. The van der Waals surface area contributed by atoms with Crippen molar-refractivity contribution in [2.45, 2.75) is 32.3 Å². The topological polar surface area (TPSA) is 23.5 Å². The van der Waals surface area contributed by atoms with Crippen LogP contribution >= 0.6 is 0 Å². The van der Waals surface area contributed by atoms with Gasteiger partial charge >= 0.3 is 0 Å². The van der Waals surface area contributed by atoms with E-state index in [1.54, 1.807) is 0 Å². The number of nitrogens with zero attached hydrogens (tertiary/aromatic N) is 1. The molecule has 0 radical (unpaired) electrons. The van der Waals surface area contributed by atoms with Crippen molar-refractivity contribution < 1.29 is 5.11 Å². The number of hydrogen-bond donors (Lipinski definition) is 1. The summed E-state index contributed by atoms with van der Waals surface area (Å²) in [6.07, 6.45) is 2.00. The minimum atomic E-state index is -0.385. The van der Waals surface area contributed by atoms with Crippen LogP contribution in [0, 0.1) is 0 Å². The number of likely N-dealkylation sites (tertiary alicyclic amines) is 1. The molecule has 2 nitrogen and oxygen atoms in total. The Bertz CT molecular complexity index is 171. The first-order valence-electron chi connectivity index (χ1n) is 4.65. The van der Waals surface area contributed by atoms with Gasteiger partial charge in [0, 0.05) is 19.6 Å². The largest absolute Gasteiger partial charge is 0.387 e. The van der Waals surface area contributed by atoms with Crippen molar-refractivity contribution in [1.29, 1.82) is 0 Å². The molecule has 0 bridgehead atoms. The Kier molecular flexibility index (Phi) is 2.91. The van der Waals surface area contributed by atoms with Gasteiger partial charge in [-0.1, -0.05) is 25.5 Å². The molecule has 2 heteroatoms. The maximum atomic E-state index is 9.82. The van der Waals surface area contributed by atoms with E-state index in [1.165, 1.54) is 5.57 Å². The zero-order valence-electron chi connectivity index (χ0n) is 8.14. The van der Waals surface area contributed by atoms with E-state index >= 15 is 0 Å². The molecule has 1 N–H and O–H groups in total. The highest BCUT2D eigenvalue weighted by Crippen LogP contribution is 2.25. The molecular formula is C10H19NO. The van der Waals surface area contributed by atoms with Crippen molar-refractivity contribution >= 4 is 0 Å². The molecule has 0 aliphatic carbocycles. The maximum absolute atomic E-state index is 9.82. The quantitative estimate of drug-likeness (QED) is 0.643. The average Bonchev–Trinajstić information content (AvgIpc) is 1.83. The minimum Gasteiger partial charge on any atom is -0.387 e. The number of hydrogen-bond acceptors (Lipinski definition) is 2. The van der Waals surface area contributed by atoms with Gasteiger partial charge in [-0.05, 0) is 13.3 Å². The smallest absolute Gasteiger partial charge is 0.0900 e. The molecule has 0 saturated carbocycles. The van der Waals surface area contributed by atoms with E-state index in [9.17, 15) is 5.11 Å².